The largest absolute Gasteiger partial charge is 0.495 e. The van der Waals surface area contributed by atoms with Crippen LogP contribution >= 0.6 is 0 Å². The van der Waals surface area contributed by atoms with Crippen molar-refractivity contribution in [3.05, 3.63) is 53.6 Å². The highest BCUT2D eigenvalue weighted by Gasteiger charge is 2.39. The van der Waals surface area contributed by atoms with Crippen LogP contribution in [0.15, 0.2) is 36.8 Å². The number of aromatic nitrogens is 4. The Morgan fingerprint density at radius 3 is 2.78 bits per heavy atom. The number of anilines is 1. The maximum atomic E-state index is 13.1. The van der Waals surface area contributed by atoms with Crippen LogP contribution in [0.3, 0.4) is 0 Å². The van der Waals surface area contributed by atoms with Crippen molar-refractivity contribution in [2.24, 2.45) is 0 Å². The third kappa shape index (κ3) is 2.75. The van der Waals surface area contributed by atoms with Crippen LogP contribution in [0.25, 0.3) is 11.3 Å². The number of methoxy groups -OCH3 is 1. The minimum absolute atomic E-state index is 0.0563. The monoisotopic (exact) mass is 363 g/mol. The Balaban J connectivity index is 1.78. The van der Waals surface area contributed by atoms with Gasteiger partial charge in [0, 0.05) is 30.6 Å². The van der Waals surface area contributed by atoms with Crippen molar-refractivity contribution in [1.82, 2.24) is 19.7 Å². The minimum Gasteiger partial charge on any atom is -0.495 e. The number of ether oxygens (including phenoxy) is 1. The summed E-state index contributed by atoms with van der Waals surface area (Å²) in [6.45, 7) is 6.69. The van der Waals surface area contributed by atoms with Crippen molar-refractivity contribution in [3.8, 4) is 17.0 Å². The molecule has 138 valence electrons. The predicted octanol–water partition coefficient (Wildman–Crippen LogP) is 3.40. The molecule has 0 saturated heterocycles. The molecule has 0 N–H and O–H groups in total. The fourth-order valence-corrected chi connectivity index (χ4v) is 3.47. The summed E-state index contributed by atoms with van der Waals surface area (Å²) >= 11 is 0. The average Bonchev–Trinajstić information content (AvgIpc) is 3.24. The first-order valence-electron chi connectivity index (χ1n) is 8.91. The Morgan fingerprint density at radius 2 is 2.07 bits per heavy atom. The van der Waals surface area contributed by atoms with E-state index in [9.17, 15) is 4.79 Å². The van der Waals surface area contributed by atoms with Gasteiger partial charge in [-0.3, -0.25) is 19.4 Å². The molecule has 4 rings (SSSR count). The molecule has 1 aliphatic heterocycles. The fraction of sp³-hybridized carbons (Fsp3) is 0.300. The summed E-state index contributed by atoms with van der Waals surface area (Å²) in [5.41, 5.74) is 3.95. The minimum atomic E-state index is -0.190. The second-order valence-corrected chi connectivity index (χ2v) is 6.58. The third-order valence-corrected chi connectivity index (χ3v) is 4.90. The maximum Gasteiger partial charge on any atom is 0.262 e. The van der Waals surface area contributed by atoms with Crippen molar-refractivity contribution in [2.45, 2.75) is 33.4 Å². The molecular formula is C20H21N5O2. The molecule has 0 spiro atoms. The Bertz CT molecular complexity index is 1030. The molecule has 1 aliphatic rings. The molecule has 27 heavy (non-hydrogen) atoms. The molecular weight excluding hydrogens is 342 g/mol. The number of hydrogen-bond acceptors (Lipinski definition) is 5. The zero-order chi connectivity index (χ0) is 19.1. The quantitative estimate of drug-likeness (QED) is 0.710. The third-order valence-electron chi connectivity index (χ3n) is 4.90. The van der Waals surface area contributed by atoms with Crippen LogP contribution in [0.4, 0.5) is 5.82 Å². The Kier molecular flexibility index (Phi) is 4.14. The van der Waals surface area contributed by atoms with E-state index in [0.717, 1.165) is 29.1 Å². The van der Waals surface area contributed by atoms with Crippen LogP contribution in [-0.4, -0.2) is 32.8 Å². The SMILES string of the molecule is CCn1ccc(N2C(=O)c3c(C)cc(-c4cncc(OC)c4)nc3[C@H]2C)n1. The van der Waals surface area contributed by atoms with Crippen molar-refractivity contribution in [1.29, 1.82) is 0 Å². The molecule has 0 bridgehead atoms. The lowest BCUT2D eigenvalue weighted by molar-refractivity contribution is 0.0991. The normalized spacial score (nSPS) is 15.9. The number of amides is 1. The lowest BCUT2D eigenvalue weighted by Crippen LogP contribution is -2.27. The first-order chi connectivity index (χ1) is 13.0. The van der Waals surface area contributed by atoms with Gasteiger partial charge in [0.2, 0.25) is 0 Å². The molecule has 1 atom stereocenters. The number of rotatable bonds is 4. The van der Waals surface area contributed by atoms with Crippen LogP contribution in [0.1, 0.15) is 41.5 Å². The van der Waals surface area contributed by atoms with E-state index in [1.165, 1.54) is 0 Å². The van der Waals surface area contributed by atoms with E-state index in [2.05, 4.69) is 10.1 Å². The van der Waals surface area contributed by atoms with Crippen LogP contribution < -0.4 is 9.64 Å². The summed E-state index contributed by atoms with van der Waals surface area (Å²) in [4.78, 5) is 23.8. The standard InChI is InChI=1S/C20H21N5O2/c1-5-24-7-6-17(23-24)25-13(3)19-18(20(25)26)12(2)8-16(22-19)14-9-15(27-4)11-21-10-14/h6-11,13H,5H2,1-4H3/t13-/m1/s1. The van der Waals surface area contributed by atoms with Gasteiger partial charge in [-0.05, 0) is 38.5 Å². The number of fused-ring (bicyclic) bond motifs is 1. The smallest absolute Gasteiger partial charge is 0.262 e. The first kappa shape index (κ1) is 17.2. The Morgan fingerprint density at radius 1 is 1.26 bits per heavy atom. The van der Waals surface area contributed by atoms with Crippen molar-refractivity contribution < 1.29 is 9.53 Å². The van der Waals surface area contributed by atoms with Gasteiger partial charge in [0.15, 0.2) is 5.82 Å². The lowest BCUT2D eigenvalue weighted by atomic mass is 10.0. The lowest BCUT2D eigenvalue weighted by Gasteiger charge is -2.18. The molecule has 7 heteroatoms. The van der Waals surface area contributed by atoms with Gasteiger partial charge >= 0.3 is 0 Å². The molecule has 0 saturated carbocycles. The topological polar surface area (TPSA) is 73.1 Å². The number of pyridine rings is 2. The van der Waals surface area contributed by atoms with E-state index in [1.54, 1.807) is 24.4 Å². The van der Waals surface area contributed by atoms with E-state index in [4.69, 9.17) is 9.72 Å². The van der Waals surface area contributed by atoms with Crippen LogP contribution in [-0.2, 0) is 6.54 Å². The number of carbonyl (C=O) groups excluding carboxylic acids is 1. The fourth-order valence-electron chi connectivity index (χ4n) is 3.47. The highest BCUT2D eigenvalue weighted by molar-refractivity contribution is 6.11. The second kappa shape index (κ2) is 6.50. The van der Waals surface area contributed by atoms with E-state index in [1.807, 2.05) is 49.8 Å². The average molecular weight is 363 g/mol. The number of carbonyl (C=O) groups is 1. The number of aryl methyl sites for hydroxylation is 2. The van der Waals surface area contributed by atoms with Crippen molar-refractivity contribution in [3.63, 3.8) is 0 Å². The molecule has 4 heterocycles. The van der Waals surface area contributed by atoms with E-state index in [-0.39, 0.29) is 11.9 Å². The van der Waals surface area contributed by atoms with E-state index >= 15 is 0 Å². The Labute approximate surface area is 157 Å². The summed E-state index contributed by atoms with van der Waals surface area (Å²) in [6.07, 6.45) is 5.28. The molecule has 0 radical (unpaired) electrons. The molecule has 3 aromatic rings. The van der Waals surface area contributed by atoms with Crippen molar-refractivity contribution in [2.75, 3.05) is 12.0 Å². The number of nitrogens with zero attached hydrogens (tertiary/aromatic N) is 5. The van der Waals surface area contributed by atoms with Gasteiger partial charge < -0.3 is 4.74 Å². The maximum absolute atomic E-state index is 13.1. The van der Waals surface area contributed by atoms with Gasteiger partial charge in [-0.15, -0.1) is 0 Å². The van der Waals surface area contributed by atoms with Crippen LogP contribution in [0, 0.1) is 6.92 Å². The van der Waals surface area contributed by atoms with Gasteiger partial charge in [-0.2, -0.15) is 5.10 Å². The van der Waals surface area contributed by atoms with Crippen molar-refractivity contribution >= 4 is 11.7 Å². The molecule has 0 fully saturated rings. The van der Waals surface area contributed by atoms with Gasteiger partial charge in [0.1, 0.15) is 5.75 Å². The number of hydrogen-bond donors (Lipinski definition) is 0. The molecule has 0 aromatic carbocycles. The summed E-state index contributed by atoms with van der Waals surface area (Å²) < 4.78 is 7.07. The second-order valence-electron chi connectivity index (χ2n) is 6.58. The zero-order valence-electron chi connectivity index (χ0n) is 15.8. The van der Waals surface area contributed by atoms with Gasteiger partial charge in [-0.25, -0.2) is 4.98 Å². The van der Waals surface area contributed by atoms with Gasteiger partial charge in [0.05, 0.1) is 36.3 Å². The summed E-state index contributed by atoms with van der Waals surface area (Å²) in [5.74, 6) is 1.26. The zero-order valence-corrected chi connectivity index (χ0v) is 15.8. The van der Waals surface area contributed by atoms with Crippen LogP contribution in [0.5, 0.6) is 5.75 Å². The molecule has 3 aromatic heterocycles. The molecule has 0 aliphatic carbocycles. The summed E-state index contributed by atoms with van der Waals surface area (Å²) in [7, 11) is 1.61. The van der Waals surface area contributed by atoms with Gasteiger partial charge in [-0.1, -0.05) is 0 Å². The van der Waals surface area contributed by atoms with E-state index in [0.29, 0.717) is 17.1 Å². The van der Waals surface area contributed by atoms with Gasteiger partial charge in [0.25, 0.3) is 5.91 Å². The predicted molar refractivity (Wildman–Crippen MR) is 102 cm³/mol. The molecule has 1 amide bonds. The summed E-state index contributed by atoms with van der Waals surface area (Å²) in [5, 5.41) is 4.49. The Hall–Kier alpha value is -3.22. The molecule has 0 unspecified atom stereocenters. The highest BCUT2D eigenvalue weighted by Crippen LogP contribution is 2.38. The summed E-state index contributed by atoms with van der Waals surface area (Å²) in [6, 6.07) is 5.49. The highest BCUT2D eigenvalue weighted by atomic mass is 16.5. The van der Waals surface area contributed by atoms with Crippen LogP contribution in [0.2, 0.25) is 0 Å². The molecule has 7 nitrogen and oxygen atoms in total. The van der Waals surface area contributed by atoms with E-state index < -0.39 is 0 Å². The first-order valence-corrected chi connectivity index (χ1v) is 8.91.